The zero-order chi connectivity index (χ0) is 16.3. The van der Waals surface area contributed by atoms with E-state index in [0.717, 1.165) is 0 Å². The van der Waals surface area contributed by atoms with Gasteiger partial charge in [-0.25, -0.2) is 9.18 Å². The number of amides is 1. The van der Waals surface area contributed by atoms with Crippen LogP contribution in [0.3, 0.4) is 0 Å². The maximum absolute atomic E-state index is 13.7. The summed E-state index contributed by atoms with van der Waals surface area (Å²) in [6, 6.07) is 4.41. The fraction of sp³-hybridized carbons (Fsp3) is 0.438. The molecule has 0 bridgehead atoms. The number of halogens is 1. The van der Waals surface area contributed by atoms with Crippen LogP contribution in [-0.2, 0) is 4.74 Å². The number of benzene rings is 1. The molecular formula is C16H22FNO2Si. The third kappa shape index (κ3) is 6.96. The van der Waals surface area contributed by atoms with E-state index in [4.69, 9.17) is 4.74 Å². The third-order valence-corrected chi connectivity index (χ3v) is 3.06. The molecule has 0 heterocycles. The molecule has 0 aliphatic heterocycles. The Hall–Kier alpha value is -1.80. The first-order valence-corrected chi connectivity index (χ1v) is 10.3. The van der Waals surface area contributed by atoms with Gasteiger partial charge < -0.3 is 4.74 Å². The molecule has 0 aliphatic carbocycles. The predicted molar refractivity (Wildman–Crippen MR) is 86.5 cm³/mol. The number of ether oxygens (including phenoxy) is 1. The molecule has 1 rings (SSSR count). The average molecular weight is 307 g/mol. The summed E-state index contributed by atoms with van der Waals surface area (Å²) in [5.41, 5.74) is 3.32. The van der Waals surface area contributed by atoms with Crippen LogP contribution in [0.15, 0.2) is 18.2 Å². The Morgan fingerprint density at radius 3 is 2.43 bits per heavy atom. The molecule has 0 aliphatic rings. The van der Waals surface area contributed by atoms with E-state index >= 15 is 0 Å². The second-order valence-electron chi connectivity index (χ2n) is 6.82. The van der Waals surface area contributed by atoms with Gasteiger partial charge >= 0.3 is 6.09 Å². The van der Waals surface area contributed by atoms with Gasteiger partial charge in [0.1, 0.15) is 19.5 Å². The molecule has 1 N–H and O–H groups in total. The molecule has 0 spiro atoms. The summed E-state index contributed by atoms with van der Waals surface area (Å²) in [5.74, 6) is 2.51. The van der Waals surface area contributed by atoms with E-state index in [9.17, 15) is 9.18 Å². The van der Waals surface area contributed by atoms with Crippen molar-refractivity contribution in [1.29, 1.82) is 0 Å². The minimum Gasteiger partial charge on any atom is -0.444 e. The summed E-state index contributed by atoms with van der Waals surface area (Å²) in [6.07, 6.45) is -0.684. The SMILES string of the molecule is CC(C)(C)OC(=O)Nc1cc(C#C[Si](C)(C)C)ccc1F. The van der Waals surface area contributed by atoms with E-state index in [1.54, 1.807) is 26.8 Å². The first-order valence-electron chi connectivity index (χ1n) is 6.79. The summed E-state index contributed by atoms with van der Waals surface area (Å²) in [6.45, 7) is 11.6. The number of hydrogen-bond acceptors (Lipinski definition) is 2. The number of carbonyl (C=O) groups excluding carboxylic acids is 1. The van der Waals surface area contributed by atoms with Crippen molar-refractivity contribution in [1.82, 2.24) is 0 Å². The van der Waals surface area contributed by atoms with E-state index in [2.05, 4.69) is 36.4 Å². The summed E-state index contributed by atoms with van der Waals surface area (Å²) in [4.78, 5) is 11.7. The van der Waals surface area contributed by atoms with E-state index < -0.39 is 25.6 Å². The molecule has 1 aromatic rings. The van der Waals surface area contributed by atoms with Gasteiger partial charge in [0.15, 0.2) is 0 Å². The molecule has 3 nitrogen and oxygen atoms in total. The normalized spacial score (nSPS) is 11.4. The van der Waals surface area contributed by atoms with Gasteiger partial charge in [-0.2, -0.15) is 0 Å². The van der Waals surface area contributed by atoms with Crippen LogP contribution >= 0.6 is 0 Å². The molecule has 21 heavy (non-hydrogen) atoms. The van der Waals surface area contributed by atoms with Crippen LogP contribution in [-0.4, -0.2) is 19.8 Å². The number of carbonyl (C=O) groups is 1. The fourth-order valence-corrected chi connectivity index (χ4v) is 1.89. The van der Waals surface area contributed by atoms with E-state index in [-0.39, 0.29) is 5.69 Å². The Bertz CT molecular complexity index is 589. The van der Waals surface area contributed by atoms with Crippen molar-refractivity contribution in [2.45, 2.75) is 46.0 Å². The van der Waals surface area contributed by atoms with Gasteiger partial charge in [-0.05, 0) is 39.0 Å². The molecule has 0 unspecified atom stereocenters. The molecule has 114 valence electrons. The number of rotatable bonds is 1. The van der Waals surface area contributed by atoms with E-state index in [0.29, 0.717) is 5.56 Å². The van der Waals surface area contributed by atoms with Gasteiger partial charge in [-0.15, -0.1) is 5.54 Å². The van der Waals surface area contributed by atoms with Gasteiger partial charge in [0.05, 0.1) is 5.69 Å². The van der Waals surface area contributed by atoms with Crippen LogP contribution in [0.4, 0.5) is 14.9 Å². The van der Waals surface area contributed by atoms with Crippen molar-refractivity contribution >= 4 is 19.9 Å². The van der Waals surface area contributed by atoms with E-state index in [1.807, 2.05) is 0 Å². The molecule has 0 aromatic heterocycles. The third-order valence-electron chi connectivity index (χ3n) is 2.18. The molecule has 1 aromatic carbocycles. The quantitative estimate of drug-likeness (QED) is 0.617. The molecule has 0 saturated heterocycles. The lowest BCUT2D eigenvalue weighted by Gasteiger charge is -2.19. The zero-order valence-corrected chi connectivity index (χ0v) is 14.4. The molecular weight excluding hydrogens is 285 g/mol. The zero-order valence-electron chi connectivity index (χ0n) is 13.4. The minimum atomic E-state index is -1.50. The van der Waals surface area contributed by atoms with Crippen LogP contribution < -0.4 is 5.32 Å². The van der Waals surface area contributed by atoms with Crippen molar-refractivity contribution < 1.29 is 13.9 Å². The maximum atomic E-state index is 13.7. The Morgan fingerprint density at radius 2 is 1.90 bits per heavy atom. The van der Waals surface area contributed by atoms with Crippen LogP contribution in [0.5, 0.6) is 0 Å². The van der Waals surface area contributed by atoms with Gasteiger partial charge in [0.2, 0.25) is 0 Å². The molecule has 5 heteroatoms. The Balaban J connectivity index is 2.93. The Morgan fingerprint density at radius 1 is 1.29 bits per heavy atom. The number of nitrogens with one attached hydrogen (secondary N) is 1. The molecule has 0 fully saturated rings. The summed E-state index contributed by atoms with van der Waals surface area (Å²) in [5, 5.41) is 2.41. The summed E-state index contributed by atoms with van der Waals surface area (Å²) < 4.78 is 18.8. The molecule has 0 radical (unpaired) electrons. The second kappa shape index (κ2) is 6.31. The molecule has 0 atom stereocenters. The van der Waals surface area contributed by atoms with Gasteiger partial charge in [-0.1, -0.05) is 25.6 Å². The topological polar surface area (TPSA) is 38.3 Å². The van der Waals surface area contributed by atoms with Crippen molar-refractivity contribution in [2.24, 2.45) is 0 Å². The van der Waals surface area contributed by atoms with Gasteiger partial charge in [0.25, 0.3) is 0 Å². The van der Waals surface area contributed by atoms with Gasteiger partial charge in [-0.3, -0.25) is 5.32 Å². The van der Waals surface area contributed by atoms with Gasteiger partial charge in [0, 0.05) is 5.56 Å². The standard InChI is InChI=1S/C16H22FNO2Si/c1-16(2,3)20-15(19)18-14-11-12(7-8-13(14)17)9-10-21(4,5)6/h7-8,11H,1-6H3,(H,18,19). The number of hydrogen-bond donors (Lipinski definition) is 1. The highest BCUT2D eigenvalue weighted by atomic mass is 28.3. The summed E-state index contributed by atoms with van der Waals surface area (Å²) in [7, 11) is -1.50. The molecule has 1 amide bonds. The minimum absolute atomic E-state index is 0.0756. The van der Waals surface area contributed by atoms with E-state index in [1.165, 1.54) is 12.1 Å². The lowest BCUT2D eigenvalue weighted by molar-refractivity contribution is 0.0635. The smallest absolute Gasteiger partial charge is 0.412 e. The maximum Gasteiger partial charge on any atom is 0.412 e. The highest BCUT2D eigenvalue weighted by Gasteiger charge is 2.17. The molecule has 0 saturated carbocycles. The van der Waals surface area contributed by atoms with Crippen LogP contribution in [0.25, 0.3) is 0 Å². The van der Waals surface area contributed by atoms with Crippen molar-refractivity contribution in [2.75, 3.05) is 5.32 Å². The average Bonchev–Trinajstić information content (AvgIpc) is 2.26. The monoisotopic (exact) mass is 307 g/mol. The predicted octanol–water partition coefficient (Wildman–Crippen LogP) is 4.40. The second-order valence-corrected chi connectivity index (χ2v) is 11.6. The lowest BCUT2D eigenvalue weighted by Crippen LogP contribution is -2.27. The van der Waals surface area contributed by atoms with Crippen molar-refractivity contribution in [3.05, 3.63) is 29.6 Å². The number of anilines is 1. The van der Waals surface area contributed by atoms with Crippen molar-refractivity contribution in [3.63, 3.8) is 0 Å². The largest absolute Gasteiger partial charge is 0.444 e. The Kier molecular flexibility index (Phi) is 5.19. The van der Waals surface area contributed by atoms with Crippen LogP contribution in [0, 0.1) is 17.3 Å². The Labute approximate surface area is 126 Å². The van der Waals surface area contributed by atoms with Crippen molar-refractivity contribution in [3.8, 4) is 11.5 Å². The summed E-state index contributed by atoms with van der Waals surface area (Å²) >= 11 is 0. The fourth-order valence-electron chi connectivity index (χ4n) is 1.37. The van der Waals surface area contributed by atoms with Crippen LogP contribution in [0.2, 0.25) is 19.6 Å². The first-order chi connectivity index (χ1) is 9.46. The highest BCUT2D eigenvalue weighted by molar-refractivity contribution is 6.83. The first kappa shape index (κ1) is 17.2. The lowest BCUT2D eigenvalue weighted by atomic mass is 10.2. The van der Waals surface area contributed by atoms with Crippen LogP contribution in [0.1, 0.15) is 26.3 Å². The highest BCUT2D eigenvalue weighted by Crippen LogP contribution is 2.17.